The Hall–Kier alpha value is -2.11. The van der Waals surface area contributed by atoms with Crippen LogP contribution in [0.25, 0.3) is 5.65 Å². The Bertz CT molecular complexity index is 804. The van der Waals surface area contributed by atoms with Crippen LogP contribution in [-0.4, -0.2) is 39.3 Å². The summed E-state index contributed by atoms with van der Waals surface area (Å²) in [5, 5.41) is 3.66. The highest BCUT2D eigenvalue weighted by molar-refractivity contribution is 5.76. The molecule has 0 aromatic carbocycles. The summed E-state index contributed by atoms with van der Waals surface area (Å²) < 4.78 is 15.7. The number of pyridine rings is 1. The number of aromatic nitrogens is 2. The molecule has 1 saturated heterocycles. The van der Waals surface area contributed by atoms with Crippen molar-refractivity contribution in [3.05, 3.63) is 29.8 Å². The number of imidazole rings is 1. The monoisotopic (exact) mass is 372 g/mol. The van der Waals surface area contributed by atoms with Crippen molar-refractivity contribution in [1.82, 2.24) is 14.3 Å². The molecular formula is C21H29FN4O. The molecular weight excluding hydrogens is 343 g/mol. The van der Waals surface area contributed by atoms with Crippen molar-refractivity contribution in [1.29, 1.82) is 0 Å². The van der Waals surface area contributed by atoms with Crippen LogP contribution in [0.1, 0.15) is 69.9 Å². The van der Waals surface area contributed by atoms with Crippen molar-refractivity contribution in [2.75, 3.05) is 18.4 Å². The van der Waals surface area contributed by atoms with E-state index in [2.05, 4.69) is 5.32 Å². The summed E-state index contributed by atoms with van der Waals surface area (Å²) in [6.45, 7) is 3.62. The van der Waals surface area contributed by atoms with Gasteiger partial charge in [0.15, 0.2) is 0 Å². The molecule has 4 rings (SSSR count). The van der Waals surface area contributed by atoms with Crippen LogP contribution >= 0.6 is 0 Å². The second kappa shape index (κ2) is 7.87. The summed E-state index contributed by atoms with van der Waals surface area (Å²) in [7, 11) is 0. The van der Waals surface area contributed by atoms with E-state index in [4.69, 9.17) is 4.98 Å². The Balaban J connectivity index is 1.58. The van der Waals surface area contributed by atoms with Gasteiger partial charge < -0.3 is 10.2 Å². The van der Waals surface area contributed by atoms with Gasteiger partial charge in [0.05, 0.1) is 5.69 Å². The molecule has 6 heteroatoms. The number of carbonyl (C=O) groups is 1. The number of nitrogens with one attached hydrogen (secondary N) is 1. The molecule has 27 heavy (non-hydrogen) atoms. The quantitative estimate of drug-likeness (QED) is 0.850. The number of amides is 1. The Kier molecular flexibility index (Phi) is 5.32. The fourth-order valence-electron chi connectivity index (χ4n) is 4.50. The highest BCUT2D eigenvalue weighted by atomic mass is 19.1. The van der Waals surface area contributed by atoms with Crippen molar-refractivity contribution in [3.63, 3.8) is 0 Å². The first-order chi connectivity index (χ1) is 13.2. The van der Waals surface area contributed by atoms with Crippen LogP contribution < -0.4 is 5.32 Å². The lowest BCUT2D eigenvalue weighted by molar-refractivity contribution is -0.132. The van der Waals surface area contributed by atoms with Gasteiger partial charge in [-0.3, -0.25) is 9.20 Å². The smallest absolute Gasteiger partial charge is 0.222 e. The van der Waals surface area contributed by atoms with E-state index in [-0.39, 0.29) is 11.7 Å². The van der Waals surface area contributed by atoms with Crippen LogP contribution in [0.2, 0.25) is 0 Å². The Morgan fingerprint density at radius 1 is 1.22 bits per heavy atom. The zero-order valence-electron chi connectivity index (χ0n) is 16.1. The van der Waals surface area contributed by atoms with Crippen molar-refractivity contribution >= 4 is 17.4 Å². The maximum Gasteiger partial charge on any atom is 0.222 e. The first-order valence-electron chi connectivity index (χ1n) is 10.4. The zero-order chi connectivity index (χ0) is 18.8. The number of fused-ring (bicyclic) bond motifs is 1. The molecule has 1 saturated carbocycles. The van der Waals surface area contributed by atoms with Crippen LogP contribution in [0.3, 0.4) is 0 Å². The standard InChI is InChI=1S/C21H29FN4O/c1-2-5-19(27)25-12-10-15(11-13-25)20-21(23-17-6-3-4-7-17)26-14-16(22)8-9-18(26)24-20/h8-9,14-15,17,23H,2-7,10-13H2,1H3. The molecule has 0 atom stereocenters. The van der Waals surface area contributed by atoms with E-state index in [1.165, 1.54) is 25.1 Å². The molecule has 146 valence electrons. The summed E-state index contributed by atoms with van der Waals surface area (Å²) in [4.78, 5) is 19.0. The lowest BCUT2D eigenvalue weighted by Crippen LogP contribution is -2.38. The van der Waals surface area contributed by atoms with Gasteiger partial charge in [0.1, 0.15) is 17.3 Å². The molecule has 2 fully saturated rings. The number of piperidine rings is 1. The number of anilines is 1. The Labute approximate surface area is 160 Å². The Morgan fingerprint density at radius 3 is 2.67 bits per heavy atom. The summed E-state index contributed by atoms with van der Waals surface area (Å²) in [5.74, 6) is 1.27. The molecule has 2 aromatic rings. The predicted molar refractivity (Wildman–Crippen MR) is 104 cm³/mol. The van der Waals surface area contributed by atoms with Gasteiger partial charge in [-0.05, 0) is 44.2 Å². The van der Waals surface area contributed by atoms with Crippen LogP contribution in [0, 0.1) is 5.82 Å². The molecule has 1 aliphatic heterocycles. The van der Waals surface area contributed by atoms with Gasteiger partial charge in [-0.15, -0.1) is 0 Å². The lowest BCUT2D eigenvalue weighted by Gasteiger charge is -2.32. The van der Waals surface area contributed by atoms with E-state index in [0.717, 1.165) is 62.4 Å². The van der Waals surface area contributed by atoms with E-state index in [9.17, 15) is 9.18 Å². The highest BCUT2D eigenvalue weighted by Gasteiger charge is 2.29. The predicted octanol–water partition coefficient (Wildman–Crippen LogP) is 4.33. The summed E-state index contributed by atoms with van der Waals surface area (Å²) in [6, 6.07) is 3.66. The molecule has 0 bridgehead atoms. The van der Waals surface area contributed by atoms with E-state index >= 15 is 0 Å². The number of hydrogen-bond donors (Lipinski definition) is 1. The van der Waals surface area contributed by atoms with Gasteiger partial charge >= 0.3 is 0 Å². The van der Waals surface area contributed by atoms with Crippen molar-refractivity contribution < 1.29 is 9.18 Å². The second-order valence-electron chi connectivity index (χ2n) is 7.95. The molecule has 1 N–H and O–H groups in total. The number of rotatable bonds is 5. The number of likely N-dealkylation sites (tertiary alicyclic amines) is 1. The van der Waals surface area contributed by atoms with Crippen LogP contribution in [0.4, 0.5) is 10.2 Å². The van der Waals surface area contributed by atoms with Gasteiger partial charge in [-0.2, -0.15) is 0 Å². The fraction of sp³-hybridized carbons (Fsp3) is 0.619. The third-order valence-corrected chi connectivity index (χ3v) is 6.00. The molecule has 5 nitrogen and oxygen atoms in total. The first-order valence-corrected chi connectivity index (χ1v) is 10.4. The maximum atomic E-state index is 13.9. The minimum Gasteiger partial charge on any atom is -0.367 e. The normalized spacial score (nSPS) is 19.1. The topological polar surface area (TPSA) is 49.6 Å². The molecule has 1 amide bonds. The zero-order valence-corrected chi connectivity index (χ0v) is 16.1. The summed E-state index contributed by atoms with van der Waals surface area (Å²) in [6.07, 6.45) is 9.70. The van der Waals surface area contributed by atoms with Crippen molar-refractivity contribution in [2.24, 2.45) is 0 Å². The third-order valence-electron chi connectivity index (χ3n) is 6.00. The fourth-order valence-corrected chi connectivity index (χ4v) is 4.50. The molecule has 2 aliphatic rings. The van der Waals surface area contributed by atoms with Gasteiger partial charge in [-0.1, -0.05) is 19.8 Å². The first kappa shape index (κ1) is 18.3. The van der Waals surface area contributed by atoms with Crippen LogP contribution in [-0.2, 0) is 4.79 Å². The van der Waals surface area contributed by atoms with Crippen LogP contribution in [0.5, 0.6) is 0 Å². The van der Waals surface area contributed by atoms with E-state index < -0.39 is 0 Å². The van der Waals surface area contributed by atoms with Crippen molar-refractivity contribution in [3.8, 4) is 0 Å². The average Bonchev–Trinajstić information content (AvgIpc) is 3.31. The van der Waals surface area contributed by atoms with Gasteiger partial charge in [0.2, 0.25) is 5.91 Å². The number of hydrogen-bond acceptors (Lipinski definition) is 3. The lowest BCUT2D eigenvalue weighted by atomic mass is 9.93. The second-order valence-corrected chi connectivity index (χ2v) is 7.95. The SMILES string of the molecule is CCCC(=O)N1CCC(c2nc3ccc(F)cn3c2NC2CCCC2)CC1. The Morgan fingerprint density at radius 2 is 1.96 bits per heavy atom. The van der Waals surface area contributed by atoms with Crippen molar-refractivity contribution in [2.45, 2.75) is 70.3 Å². The van der Waals surface area contributed by atoms with Gasteiger partial charge in [-0.25, -0.2) is 9.37 Å². The van der Waals surface area contributed by atoms with E-state index in [1.54, 1.807) is 6.07 Å². The molecule has 2 aromatic heterocycles. The average molecular weight is 372 g/mol. The van der Waals surface area contributed by atoms with Crippen LogP contribution in [0.15, 0.2) is 18.3 Å². The number of halogens is 1. The minimum atomic E-state index is -0.249. The van der Waals surface area contributed by atoms with Gasteiger partial charge in [0.25, 0.3) is 0 Å². The molecule has 3 heterocycles. The third kappa shape index (κ3) is 3.80. The molecule has 0 radical (unpaired) electrons. The number of carbonyl (C=O) groups excluding carboxylic acids is 1. The largest absolute Gasteiger partial charge is 0.367 e. The minimum absolute atomic E-state index is 0.249. The maximum absolute atomic E-state index is 13.9. The molecule has 0 unspecified atom stereocenters. The highest BCUT2D eigenvalue weighted by Crippen LogP contribution is 2.35. The van der Waals surface area contributed by atoms with Gasteiger partial charge in [0, 0.05) is 37.7 Å². The summed E-state index contributed by atoms with van der Waals surface area (Å²) in [5.41, 5.74) is 1.83. The molecule has 0 spiro atoms. The number of nitrogens with zero attached hydrogens (tertiary/aromatic N) is 3. The van der Waals surface area contributed by atoms with E-state index in [1.807, 2.05) is 16.2 Å². The summed E-state index contributed by atoms with van der Waals surface area (Å²) >= 11 is 0. The van der Waals surface area contributed by atoms with E-state index in [0.29, 0.717) is 18.4 Å². The molecule has 1 aliphatic carbocycles.